The largest absolute Gasteiger partial charge is 0.493 e. The number of aryl methyl sites for hydroxylation is 1. The molecule has 0 radical (unpaired) electrons. The second-order valence-corrected chi connectivity index (χ2v) is 8.07. The van der Waals surface area contributed by atoms with Gasteiger partial charge in [0.05, 0.1) is 21.9 Å². The quantitative estimate of drug-likeness (QED) is 0.804. The highest BCUT2D eigenvalue weighted by atomic mass is 35.5. The number of carbonyl (C=O) groups excluding carboxylic acids is 1. The second kappa shape index (κ2) is 6.89. The van der Waals surface area contributed by atoms with Gasteiger partial charge < -0.3 is 14.8 Å². The highest BCUT2D eigenvalue weighted by Crippen LogP contribution is 2.45. The Morgan fingerprint density at radius 3 is 2.88 bits per heavy atom. The van der Waals surface area contributed by atoms with Crippen LogP contribution in [0.15, 0.2) is 48.0 Å². The predicted octanol–water partition coefficient (Wildman–Crippen LogP) is 5.01. The van der Waals surface area contributed by atoms with Crippen molar-refractivity contribution >= 4 is 29.3 Å². The van der Waals surface area contributed by atoms with E-state index in [-0.39, 0.29) is 17.1 Å². The first kappa shape index (κ1) is 17.3. The third kappa shape index (κ3) is 3.29. The first-order valence-electron chi connectivity index (χ1n) is 8.38. The van der Waals surface area contributed by atoms with Crippen LogP contribution in [0.2, 0.25) is 5.02 Å². The minimum absolute atomic E-state index is 0.0182. The van der Waals surface area contributed by atoms with Gasteiger partial charge in [0.2, 0.25) is 5.91 Å². The number of carbonyl (C=O) groups is 1. The molecule has 1 amide bonds. The Kier molecular flexibility index (Phi) is 4.59. The van der Waals surface area contributed by atoms with Crippen LogP contribution in [0.4, 0.5) is 0 Å². The van der Waals surface area contributed by atoms with Crippen LogP contribution in [0.3, 0.4) is 0 Å². The SMILES string of the molecule is C=C1NC(=O)C(C2CCOc3cc(Oc4ccc(C)cc4Cl)ccc32)S1. The third-order valence-corrected chi connectivity index (χ3v) is 6.02. The number of hydrogen-bond acceptors (Lipinski definition) is 4. The highest BCUT2D eigenvalue weighted by molar-refractivity contribution is 8.04. The molecule has 2 unspecified atom stereocenters. The molecule has 1 fully saturated rings. The number of nitrogens with one attached hydrogen (secondary N) is 1. The molecule has 0 bridgehead atoms. The van der Waals surface area contributed by atoms with Crippen LogP contribution in [0.5, 0.6) is 17.2 Å². The molecule has 0 saturated carbocycles. The van der Waals surface area contributed by atoms with Gasteiger partial charge in [0.25, 0.3) is 0 Å². The summed E-state index contributed by atoms with van der Waals surface area (Å²) in [4.78, 5) is 12.2. The third-order valence-electron chi connectivity index (χ3n) is 4.54. The van der Waals surface area contributed by atoms with Crippen LogP contribution in [-0.2, 0) is 4.79 Å². The molecular weight excluding hydrogens is 370 g/mol. The van der Waals surface area contributed by atoms with Crippen molar-refractivity contribution in [2.75, 3.05) is 6.61 Å². The average Bonchev–Trinajstić information content (AvgIpc) is 2.95. The Hall–Kier alpha value is -2.11. The molecule has 0 aromatic heterocycles. The van der Waals surface area contributed by atoms with E-state index in [0.29, 0.717) is 28.2 Å². The molecule has 2 heterocycles. The molecule has 0 aliphatic carbocycles. The zero-order chi connectivity index (χ0) is 18.3. The van der Waals surface area contributed by atoms with Crippen LogP contribution < -0.4 is 14.8 Å². The molecule has 2 atom stereocenters. The lowest BCUT2D eigenvalue weighted by Crippen LogP contribution is -2.30. The molecule has 2 aliphatic heterocycles. The number of amides is 1. The zero-order valence-corrected chi connectivity index (χ0v) is 15.8. The van der Waals surface area contributed by atoms with E-state index in [2.05, 4.69) is 11.9 Å². The van der Waals surface area contributed by atoms with E-state index in [9.17, 15) is 4.79 Å². The van der Waals surface area contributed by atoms with Crippen molar-refractivity contribution in [3.63, 3.8) is 0 Å². The van der Waals surface area contributed by atoms with E-state index < -0.39 is 0 Å². The molecular formula is C20H18ClNO3S. The van der Waals surface area contributed by atoms with Gasteiger partial charge in [0.15, 0.2) is 0 Å². The van der Waals surface area contributed by atoms with Gasteiger partial charge in [-0.2, -0.15) is 0 Å². The van der Waals surface area contributed by atoms with Gasteiger partial charge in [-0.3, -0.25) is 4.79 Å². The fraction of sp³-hybridized carbons (Fsp3) is 0.250. The van der Waals surface area contributed by atoms with Crippen molar-refractivity contribution in [1.82, 2.24) is 5.32 Å². The Morgan fingerprint density at radius 2 is 2.15 bits per heavy atom. The van der Waals surface area contributed by atoms with Crippen molar-refractivity contribution in [2.45, 2.75) is 24.5 Å². The summed E-state index contributed by atoms with van der Waals surface area (Å²) in [5.74, 6) is 2.13. The standard InChI is InChI=1S/C20H18ClNO3S/c1-11-3-6-17(16(21)9-11)25-13-4-5-14-15(7-8-24-18(14)10-13)19-20(23)22-12(2)26-19/h3-6,9-10,15,19H,2,7-8H2,1H3,(H,22,23). The maximum absolute atomic E-state index is 12.2. The normalized spacial score (nSPS) is 21.8. The van der Waals surface area contributed by atoms with Crippen molar-refractivity contribution < 1.29 is 14.3 Å². The van der Waals surface area contributed by atoms with Gasteiger partial charge in [-0.05, 0) is 42.7 Å². The summed E-state index contributed by atoms with van der Waals surface area (Å²) in [6.45, 7) is 6.40. The van der Waals surface area contributed by atoms with Crippen LogP contribution in [0.1, 0.15) is 23.5 Å². The number of fused-ring (bicyclic) bond motifs is 1. The van der Waals surface area contributed by atoms with Crippen molar-refractivity contribution in [2.24, 2.45) is 0 Å². The number of rotatable bonds is 3. The van der Waals surface area contributed by atoms with Gasteiger partial charge >= 0.3 is 0 Å². The number of benzene rings is 2. The molecule has 26 heavy (non-hydrogen) atoms. The van der Waals surface area contributed by atoms with E-state index in [1.165, 1.54) is 11.8 Å². The number of ether oxygens (including phenoxy) is 2. The van der Waals surface area contributed by atoms with Gasteiger partial charge in [-0.1, -0.05) is 42.1 Å². The van der Waals surface area contributed by atoms with Gasteiger partial charge in [-0.15, -0.1) is 0 Å². The van der Waals surface area contributed by atoms with Gasteiger partial charge in [0, 0.05) is 12.0 Å². The molecule has 4 nitrogen and oxygen atoms in total. The zero-order valence-electron chi connectivity index (χ0n) is 14.3. The predicted molar refractivity (Wildman–Crippen MR) is 104 cm³/mol. The Labute approximate surface area is 161 Å². The van der Waals surface area contributed by atoms with E-state index in [1.807, 2.05) is 43.3 Å². The van der Waals surface area contributed by atoms with Gasteiger partial charge in [-0.25, -0.2) is 0 Å². The topological polar surface area (TPSA) is 47.6 Å². The van der Waals surface area contributed by atoms with Gasteiger partial charge in [0.1, 0.15) is 17.2 Å². The van der Waals surface area contributed by atoms with Crippen molar-refractivity contribution in [3.05, 3.63) is 64.2 Å². The highest BCUT2D eigenvalue weighted by Gasteiger charge is 2.38. The average molecular weight is 388 g/mol. The number of hydrogen-bond donors (Lipinski definition) is 1. The maximum Gasteiger partial charge on any atom is 0.238 e. The molecule has 134 valence electrons. The smallest absolute Gasteiger partial charge is 0.238 e. The monoisotopic (exact) mass is 387 g/mol. The fourth-order valence-corrected chi connectivity index (χ4v) is 4.65. The molecule has 2 aromatic rings. The second-order valence-electron chi connectivity index (χ2n) is 6.43. The Balaban J connectivity index is 1.60. The van der Waals surface area contributed by atoms with E-state index in [0.717, 1.165) is 23.3 Å². The maximum atomic E-state index is 12.2. The minimum atomic E-state index is -0.163. The van der Waals surface area contributed by atoms with E-state index in [1.54, 1.807) is 0 Å². The van der Waals surface area contributed by atoms with Crippen molar-refractivity contribution in [1.29, 1.82) is 0 Å². The summed E-state index contributed by atoms with van der Waals surface area (Å²) >= 11 is 7.74. The molecule has 1 saturated heterocycles. The molecule has 2 aliphatic rings. The molecule has 4 rings (SSSR count). The summed E-state index contributed by atoms with van der Waals surface area (Å²) in [6.07, 6.45) is 0.801. The Bertz CT molecular complexity index is 899. The number of thioether (sulfide) groups is 1. The van der Waals surface area contributed by atoms with E-state index >= 15 is 0 Å². The molecule has 1 N–H and O–H groups in total. The first-order valence-corrected chi connectivity index (χ1v) is 9.64. The summed E-state index contributed by atoms with van der Waals surface area (Å²) in [7, 11) is 0. The van der Waals surface area contributed by atoms with Crippen molar-refractivity contribution in [3.8, 4) is 17.2 Å². The lowest BCUT2D eigenvalue weighted by Gasteiger charge is -2.28. The molecule has 0 spiro atoms. The summed E-state index contributed by atoms with van der Waals surface area (Å²) in [6, 6.07) is 11.4. The number of halogens is 1. The molecule has 2 aromatic carbocycles. The lowest BCUT2D eigenvalue weighted by molar-refractivity contribution is -0.119. The van der Waals surface area contributed by atoms with Crippen LogP contribution in [0, 0.1) is 6.92 Å². The summed E-state index contributed by atoms with van der Waals surface area (Å²) < 4.78 is 11.7. The summed E-state index contributed by atoms with van der Waals surface area (Å²) in [5, 5.41) is 3.91. The molecule has 6 heteroatoms. The minimum Gasteiger partial charge on any atom is -0.493 e. The van der Waals surface area contributed by atoms with Crippen LogP contribution in [0.25, 0.3) is 0 Å². The lowest BCUT2D eigenvalue weighted by atomic mass is 9.89. The first-order chi connectivity index (χ1) is 12.5. The van der Waals surface area contributed by atoms with Crippen LogP contribution >= 0.6 is 23.4 Å². The Morgan fingerprint density at radius 1 is 1.31 bits per heavy atom. The summed E-state index contributed by atoms with van der Waals surface area (Å²) in [5.41, 5.74) is 2.11. The van der Waals surface area contributed by atoms with E-state index in [4.69, 9.17) is 21.1 Å². The van der Waals surface area contributed by atoms with Crippen LogP contribution in [-0.4, -0.2) is 17.8 Å². The fourth-order valence-electron chi connectivity index (χ4n) is 3.30.